The van der Waals surface area contributed by atoms with Crippen LogP contribution in [0.15, 0.2) is 72.8 Å². The molecule has 0 aliphatic rings. The summed E-state index contributed by atoms with van der Waals surface area (Å²) in [6.07, 6.45) is 2.07. The highest BCUT2D eigenvalue weighted by Crippen LogP contribution is 2.29. The number of unbranched alkanes of at least 4 members (excludes halogenated alkanes) is 2. The number of nitrogens with zero attached hydrogens (tertiary/aromatic N) is 1. The first-order valence-corrected chi connectivity index (χ1v) is 12.9. The van der Waals surface area contributed by atoms with Crippen molar-refractivity contribution in [3.8, 4) is 39.1 Å². The molecule has 9 heteroatoms. The topological polar surface area (TPSA) is 76.4 Å². The zero-order chi connectivity index (χ0) is 27.8. The molecule has 0 aliphatic carbocycles. The number of hydrogen-bond acceptors (Lipinski definition) is 6. The highest BCUT2D eigenvalue weighted by Gasteiger charge is 2.13. The molecule has 0 fully saturated rings. The summed E-state index contributed by atoms with van der Waals surface area (Å²) in [6, 6.07) is 20.6. The Hall–Kier alpha value is -4.42. The number of carbonyl (C=O) groups excluding carboxylic acids is 2. The van der Waals surface area contributed by atoms with E-state index in [9.17, 15) is 22.8 Å². The average molecular weight is 550 g/mol. The van der Waals surface area contributed by atoms with Crippen molar-refractivity contribution in [2.24, 2.45) is 0 Å². The van der Waals surface area contributed by atoms with Crippen molar-refractivity contribution in [2.45, 2.75) is 32.1 Å². The summed E-state index contributed by atoms with van der Waals surface area (Å²) in [5.74, 6) is -4.21. The number of halogens is 3. The molecule has 5 nitrogen and oxygen atoms in total. The molecule has 0 N–H and O–H groups in total. The first-order chi connectivity index (χ1) is 18.8. The predicted octanol–water partition coefficient (Wildman–Crippen LogP) is 7.83. The van der Waals surface area contributed by atoms with Gasteiger partial charge in [0, 0.05) is 17.7 Å². The maximum atomic E-state index is 13.5. The fourth-order valence-electron chi connectivity index (χ4n) is 3.76. The fraction of sp³-hybridized carbons (Fsp3) is 0.167. The van der Waals surface area contributed by atoms with Gasteiger partial charge in [-0.15, -0.1) is 11.3 Å². The molecule has 0 saturated heterocycles. The molecular formula is C30H22F3NO4S. The molecule has 0 atom stereocenters. The Morgan fingerprint density at radius 1 is 0.692 bits per heavy atom. The Morgan fingerprint density at radius 3 is 1.69 bits per heavy atom. The molecule has 0 radical (unpaired) electrons. The molecule has 0 bridgehead atoms. The van der Waals surface area contributed by atoms with Gasteiger partial charge in [0.15, 0.2) is 17.5 Å². The van der Waals surface area contributed by atoms with Crippen molar-refractivity contribution in [1.82, 2.24) is 0 Å². The minimum Gasteiger partial charge on any atom is -0.427 e. The minimum absolute atomic E-state index is 0.156. The summed E-state index contributed by atoms with van der Waals surface area (Å²) in [7, 11) is 0. The van der Waals surface area contributed by atoms with E-state index >= 15 is 0 Å². The molecule has 0 aliphatic heterocycles. The summed E-state index contributed by atoms with van der Waals surface area (Å²) in [5, 5.41) is 8.95. The van der Waals surface area contributed by atoms with Crippen LogP contribution in [0, 0.1) is 28.8 Å². The first-order valence-electron chi connectivity index (χ1n) is 12.1. The molecule has 4 aromatic rings. The lowest BCUT2D eigenvalue weighted by atomic mass is 10.1. The van der Waals surface area contributed by atoms with Crippen LogP contribution in [0.4, 0.5) is 13.2 Å². The first kappa shape index (κ1) is 27.6. The zero-order valence-electron chi connectivity index (χ0n) is 20.6. The maximum absolute atomic E-state index is 13.5. The van der Waals surface area contributed by atoms with Gasteiger partial charge in [0.25, 0.3) is 0 Å². The van der Waals surface area contributed by atoms with E-state index in [0.717, 1.165) is 22.6 Å². The van der Waals surface area contributed by atoms with Crippen LogP contribution in [0.2, 0.25) is 0 Å². The van der Waals surface area contributed by atoms with Gasteiger partial charge in [0.05, 0.1) is 0 Å². The molecule has 0 amide bonds. The van der Waals surface area contributed by atoms with Crippen molar-refractivity contribution in [3.63, 3.8) is 0 Å². The van der Waals surface area contributed by atoms with Crippen molar-refractivity contribution in [2.75, 3.05) is 0 Å². The van der Waals surface area contributed by atoms with Crippen LogP contribution in [-0.4, -0.2) is 11.9 Å². The molecule has 4 rings (SSSR count). The molecule has 1 aromatic heterocycles. The molecule has 198 valence electrons. The molecular weight excluding hydrogens is 527 g/mol. The monoisotopic (exact) mass is 549 g/mol. The lowest BCUT2D eigenvalue weighted by Gasteiger charge is -2.07. The lowest BCUT2D eigenvalue weighted by Crippen LogP contribution is -2.09. The van der Waals surface area contributed by atoms with E-state index in [4.69, 9.17) is 14.7 Å². The lowest BCUT2D eigenvalue weighted by molar-refractivity contribution is -0.134. The standard InChI is InChI=1S/C30H22F3NO4S/c31-25-16-21(17-26(32)30(25)33)19-6-10-22(11-7-19)37-28(35)4-2-1-3-5-29(36)38-23-12-8-20(9-13-23)27-15-14-24(18-34)39-27/h6-17H,1-5H2. The van der Waals surface area contributed by atoms with Gasteiger partial charge in [0.1, 0.15) is 22.4 Å². The van der Waals surface area contributed by atoms with E-state index in [1.165, 1.54) is 35.6 Å². The third kappa shape index (κ3) is 7.55. The number of thiophene rings is 1. The molecule has 0 spiro atoms. The molecule has 0 saturated carbocycles. The third-order valence-corrected chi connectivity index (χ3v) is 6.79. The summed E-state index contributed by atoms with van der Waals surface area (Å²) >= 11 is 1.39. The van der Waals surface area contributed by atoms with Gasteiger partial charge in [0.2, 0.25) is 0 Å². The van der Waals surface area contributed by atoms with Crippen LogP contribution >= 0.6 is 11.3 Å². The van der Waals surface area contributed by atoms with Crippen molar-refractivity contribution in [1.29, 1.82) is 5.26 Å². The van der Waals surface area contributed by atoms with Gasteiger partial charge in [-0.2, -0.15) is 5.26 Å². The summed E-state index contributed by atoms with van der Waals surface area (Å²) < 4.78 is 50.7. The van der Waals surface area contributed by atoms with Crippen molar-refractivity contribution in [3.05, 3.63) is 95.1 Å². The normalized spacial score (nSPS) is 10.6. The van der Waals surface area contributed by atoms with Crippen LogP contribution in [0.1, 0.15) is 37.0 Å². The summed E-state index contributed by atoms with van der Waals surface area (Å²) in [6.45, 7) is 0. The quantitative estimate of drug-likeness (QED) is 0.0872. The van der Waals surface area contributed by atoms with E-state index in [-0.39, 0.29) is 30.1 Å². The van der Waals surface area contributed by atoms with Crippen LogP contribution in [0.3, 0.4) is 0 Å². The Labute approximate surface area is 227 Å². The van der Waals surface area contributed by atoms with Gasteiger partial charge < -0.3 is 9.47 Å². The number of ether oxygens (including phenoxy) is 2. The second kappa shape index (κ2) is 12.9. The van der Waals surface area contributed by atoms with Gasteiger partial charge in [-0.3, -0.25) is 9.59 Å². The van der Waals surface area contributed by atoms with Crippen LogP contribution in [-0.2, 0) is 9.59 Å². The second-order valence-corrected chi connectivity index (χ2v) is 9.67. The van der Waals surface area contributed by atoms with E-state index in [2.05, 4.69) is 6.07 Å². The van der Waals surface area contributed by atoms with Crippen LogP contribution in [0.25, 0.3) is 21.6 Å². The van der Waals surface area contributed by atoms with Crippen molar-refractivity contribution < 1.29 is 32.2 Å². The maximum Gasteiger partial charge on any atom is 0.311 e. The zero-order valence-corrected chi connectivity index (χ0v) is 21.4. The van der Waals surface area contributed by atoms with Gasteiger partial charge in [-0.1, -0.05) is 18.6 Å². The number of rotatable bonds is 10. The number of benzene rings is 3. The third-order valence-electron chi connectivity index (χ3n) is 5.75. The molecule has 39 heavy (non-hydrogen) atoms. The largest absolute Gasteiger partial charge is 0.427 e. The Bertz CT molecular complexity index is 1490. The Balaban J connectivity index is 1.14. The van der Waals surface area contributed by atoms with Gasteiger partial charge in [-0.25, -0.2) is 13.2 Å². The average Bonchev–Trinajstić information content (AvgIpc) is 3.41. The van der Waals surface area contributed by atoms with E-state index in [0.29, 0.717) is 35.5 Å². The molecule has 3 aromatic carbocycles. The van der Waals surface area contributed by atoms with Crippen molar-refractivity contribution >= 4 is 23.3 Å². The number of carbonyl (C=O) groups is 2. The SMILES string of the molecule is N#Cc1ccc(-c2ccc(OC(=O)CCCCCC(=O)Oc3ccc(-c4cc(F)c(F)c(F)c4)cc3)cc2)s1. The Kier molecular flexibility index (Phi) is 9.13. The van der Waals surface area contributed by atoms with Gasteiger partial charge in [-0.05, 0) is 90.2 Å². The number of esters is 2. The van der Waals surface area contributed by atoms with E-state index in [1.54, 1.807) is 18.2 Å². The molecule has 1 heterocycles. The summed E-state index contributed by atoms with van der Waals surface area (Å²) in [5.41, 5.74) is 1.53. The van der Waals surface area contributed by atoms with Crippen LogP contribution < -0.4 is 9.47 Å². The smallest absolute Gasteiger partial charge is 0.311 e. The number of hydrogen-bond donors (Lipinski definition) is 0. The van der Waals surface area contributed by atoms with E-state index < -0.39 is 23.4 Å². The highest BCUT2D eigenvalue weighted by molar-refractivity contribution is 7.16. The highest BCUT2D eigenvalue weighted by atomic mass is 32.1. The van der Waals surface area contributed by atoms with Gasteiger partial charge >= 0.3 is 11.9 Å². The Morgan fingerprint density at radius 2 is 1.21 bits per heavy atom. The minimum atomic E-state index is -1.53. The summed E-state index contributed by atoms with van der Waals surface area (Å²) in [4.78, 5) is 25.8. The number of nitriles is 1. The van der Waals surface area contributed by atoms with Crippen LogP contribution in [0.5, 0.6) is 11.5 Å². The predicted molar refractivity (Wildman–Crippen MR) is 141 cm³/mol. The fourth-order valence-corrected chi connectivity index (χ4v) is 4.57. The second-order valence-electron chi connectivity index (χ2n) is 8.59. The molecule has 0 unspecified atom stereocenters. The van der Waals surface area contributed by atoms with E-state index in [1.807, 2.05) is 18.2 Å².